The van der Waals surface area contributed by atoms with E-state index in [1.807, 2.05) is 72.9 Å². The number of hydrogen-bond donors (Lipinski definition) is 2. The Bertz CT molecular complexity index is 906. The van der Waals surface area contributed by atoms with Gasteiger partial charge in [0.05, 0.1) is 17.9 Å². The van der Waals surface area contributed by atoms with Gasteiger partial charge in [-0.25, -0.2) is 4.98 Å². The lowest BCUT2D eigenvalue weighted by atomic mass is 10.1. The van der Waals surface area contributed by atoms with Gasteiger partial charge in [-0.3, -0.25) is 4.79 Å². The van der Waals surface area contributed by atoms with E-state index < -0.39 is 0 Å². The second-order valence-electron chi connectivity index (χ2n) is 6.17. The first kappa shape index (κ1) is 18.7. The number of carbonyl (C=O) groups excluding carboxylic acids is 1. The number of rotatable bonds is 7. The highest BCUT2D eigenvalue weighted by atomic mass is 32.1. The zero-order chi connectivity index (χ0) is 19.2. The highest BCUT2D eigenvalue weighted by molar-refractivity contribution is 7.13. The molecule has 1 amide bonds. The quantitative estimate of drug-likeness (QED) is 0.652. The largest absolute Gasteiger partial charge is 0.493 e. The number of thiazole rings is 1. The number of nitrogens with one attached hydrogen (secondary N) is 1. The van der Waals surface area contributed by atoms with Crippen LogP contribution in [-0.2, 0) is 6.42 Å². The first-order chi connectivity index (χ1) is 13.0. The molecular weight excluding hydrogens is 360 g/mol. The molecule has 140 valence electrons. The van der Waals surface area contributed by atoms with Crippen molar-refractivity contribution in [2.24, 2.45) is 0 Å². The van der Waals surface area contributed by atoms with Crippen LogP contribution in [0.5, 0.6) is 5.75 Å². The number of anilines is 3. The summed E-state index contributed by atoms with van der Waals surface area (Å²) in [6.45, 7) is 0.519. The van der Waals surface area contributed by atoms with Crippen molar-refractivity contribution < 1.29 is 9.53 Å². The van der Waals surface area contributed by atoms with Gasteiger partial charge in [0.1, 0.15) is 5.75 Å². The van der Waals surface area contributed by atoms with Gasteiger partial charge in [0.2, 0.25) is 0 Å². The molecule has 0 saturated heterocycles. The SMILES string of the molecule is CN(C)c1ccccc1C(=O)Nc1ccc(OCCc2csc(N)n2)cc1. The van der Waals surface area contributed by atoms with Crippen LogP contribution in [0.25, 0.3) is 0 Å². The van der Waals surface area contributed by atoms with Gasteiger partial charge in [0, 0.05) is 37.3 Å². The van der Waals surface area contributed by atoms with Gasteiger partial charge in [-0.05, 0) is 36.4 Å². The third-order valence-electron chi connectivity index (χ3n) is 3.94. The number of aromatic nitrogens is 1. The van der Waals surface area contributed by atoms with Gasteiger partial charge in [0.15, 0.2) is 5.13 Å². The molecule has 0 bridgehead atoms. The molecule has 0 atom stereocenters. The van der Waals surface area contributed by atoms with Crippen LogP contribution < -0.4 is 20.7 Å². The molecule has 1 heterocycles. The van der Waals surface area contributed by atoms with Crippen molar-refractivity contribution in [1.82, 2.24) is 4.98 Å². The Labute approximate surface area is 162 Å². The second kappa shape index (κ2) is 8.55. The standard InChI is InChI=1S/C20H22N4O2S/c1-24(2)18-6-4-3-5-17(18)19(25)22-14-7-9-16(10-8-14)26-12-11-15-13-27-20(21)23-15/h3-10,13H,11-12H2,1-2H3,(H2,21,23)(H,22,25). The Balaban J connectivity index is 1.56. The number of nitrogens with zero attached hydrogens (tertiary/aromatic N) is 2. The molecule has 0 unspecified atom stereocenters. The fourth-order valence-electron chi connectivity index (χ4n) is 2.60. The van der Waals surface area contributed by atoms with Crippen molar-refractivity contribution in [3.8, 4) is 5.75 Å². The van der Waals surface area contributed by atoms with Crippen LogP contribution in [-0.4, -0.2) is 31.6 Å². The van der Waals surface area contributed by atoms with E-state index in [9.17, 15) is 4.79 Å². The van der Waals surface area contributed by atoms with Crippen molar-refractivity contribution in [2.75, 3.05) is 36.7 Å². The first-order valence-corrected chi connectivity index (χ1v) is 9.41. The molecular formula is C20H22N4O2S. The summed E-state index contributed by atoms with van der Waals surface area (Å²) in [7, 11) is 3.83. The van der Waals surface area contributed by atoms with Gasteiger partial charge in [-0.15, -0.1) is 11.3 Å². The van der Waals surface area contributed by atoms with Gasteiger partial charge >= 0.3 is 0 Å². The first-order valence-electron chi connectivity index (χ1n) is 8.53. The Kier molecular flexibility index (Phi) is 5.93. The number of ether oxygens (including phenoxy) is 1. The summed E-state index contributed by atoms with van der Waals surface area (Å²) in [5.74, 6) is 0.596. The molecule has 3 N–H and O–H groups in total. The zero-order valence-corrected chi connectivity index (χ0v) is 16.1. The normalized spacial score (nSPS) is 10.4. The highest BCUT2D eigenvalue weighted by Gasteiger charge is 2.12. The number of nitrogen functional groups attached to an aromatic ring is 1. The zero-order valence-electron chi connectivity index (χ0n) is 15.3. The van der Waals surface area contributed by atoms with E-state index in [4.69, 9.17) is 10.5 Å². The fraction of sp³-hybridized carbons (Fsp3) is 0.200. The number of para-hydroxylation sites is 1. The Morgan fingerprint density at radius 3 is 2.59 bits per heavy atom. The predicted octanol–water partition coefficient (Wildman–Crippen LogP) is 3.67. The molecule has 0 aliphatic rings. The molecule has 7 heteroatoms. The summed E-state index contributed by atoms with van der Waals surface area (Å²) >= 11 is 1.43. The van der Waals surface area contributed by atoms with Crippen molar-refractivity contribution in [2.45, 2.75) is 6.42 Å². The molecule has 1 aromatic heterocycles. The highest BCUT2D eigenvalue weighted by Crippen LogP contribution is 2.21. The van der Waals surface area contributed by atoms with Gasteiger partial charge in [-0.1, -0.05) is 12.1 Å². The van der Waals surface area contributed by atoms with Crippen LogP contribution in [0.3, 0.4) is 0 Å². The van der Waals surface area contributed by atoms with Crippen LogP contribution in [0.2, 0.25) is 0 Å². The van der Waals surface area contributed by atoms with E-state index in [-0.39, 0.29) is 5.91 Å². The minimum Gasteiger partial charge on any atom is -0.493 e. The van der Waals surface area contributed by atoms with E-state index in [2.05, 4.69) is 10.3 Å². The van der Waals surface area contributed by atoms with Crippen LogP contribution in [0.15, 0.2) is 53.9 Å². The topological polar surface area (TPSA) is 80.5 Å². The molecule has 27 heavy (non-hydrogen) atoms. The number of nitrogens with two attached hydrogens (primary N) is 1. The van der Waals surface area contributed by atoms with Gasteiger partial charge in [-0.2, -0.15) is 0 Å². The average molecular weight is 382 g/mol. The van der Waals surface area contributed by atoms with E-state index in [1.165, 1.54) is 11.3 Å². The van der Waals surface area contributed by atoms with Crippen molar-refractivity contribution in [1.29, 1.82) is 0 Å². The second-order valence-corrected chi connectivity index (χ2v) is 7.06. The maximum atomic E-state index is 12.6. The molecule has 0 saturated carbocycles. The molecule has 0 radical (unpaired) electrons. The summed E-state index contributed by atoms with van der Waals surface area (Å²) in [6, 6.07) is 14.8. The average Bonchev–Trinajstić information content (AvgIpc) is 3.08. The van der Waals surface area contributed by atoms with Crippen LogP contribution in [0.4, 0.5) is 16.5 Å². The van der Waals surface area contributed by atoms with Crippen molar-refractivity contribution >= 4 is 33.8 Å². The lowest BCUT2D eigenvalue weighted by molar-refractivity contribution is 0.102. The Morgan fingerprint density at radius 2 is 1.93 bits per heavy atom. The van der Waals surface area contributed by atoms with E-state index in [0.717, 1.165) is 17.1 Å². The van der Waals surface area contributed by atoms with Crippen LogP contribution >= 0.6 is 11.3 Å². The lowest BCUT2D eigenvalue weighted by Crippen LogP contribution is -2.18. The van der Waals surface area contributed by atoms with Crippen molar-refractivity contribution in [3.05, 3.63) is 65.2 Å². The summed E-state index contributed by atoms with van der Waals surface area (Å²) in [4.78, 5) is 18.7. The summed E-state index contributed by atoms with van der Waals surface area (Å²) in [5, 5.41) is 5.43. The Morgan fingerprint density at radius 1 is 1.19 bits per heavy atom. The van der Waals surface area contributed by atoms with E-state index in [1.54, 1.807) is 0 Å². The van der Waals surface area contributed by atoms with Crippen LogP contribution in [0, 0.1) is 0 Å². The third kappa shape index (κ3) is 4.98. The minimum absolute atomic E-state index is 0.144. The number of amides is 1. The monoisotopic (exact) mass is 382 g/mol. The molecule has 2 aromatic carbocycles. The van der Waals surface area contributed by atoms with E-state index in [0.29, 0.717) is 29.4 Å². The smallest absolute Gasteiger partial charge is 0.257 e. The molecule has 0 spiro atoms. The predicted molar refractivity (Wildman–Crippen MR) is 111 cm³/mol. The molecule has 3 aromatic rings. The molecule has 3 rings (SSSR count). The number of benzene rings is 2. The fourth-order valence-corrected chi connectivity index (χ4v) is 3.20. The molecule has 0 fully saturated rings. The summed E-state index contributed by atoms with van der Waals surface area (Å²) in [6.07, 6.45) is 0.702. The van der Waals surface area contributed by atoms with Gasteiger partial charge < -0.3 is 20.7 Å². The molecule has 0 aliphatic heterocycles. The van der Waals surface area contributed by atoms with Gasteiger partial charge in [0.25, 0.3) is 5.91 Å². The number of hydrogen-bond acceptors (Lipinski definition) is 6. The Hall–Kier alpha value is -3.06. The number of carbonyl (C=O) groups is 1. The van der Waals surface area contributed by atoms with E-state index >= 15 is 0 Å². The lowest BCUT2D eigenvalue weighted by Gasteiger charge is -2.17. The minimum atomic E-state index is -0.144. The molecule has 0 aliphatic carbocycles. The van der Waals surface area contributed by atoms with Crippen LogP contribution in [0.1, 0.15) is 16.1 Å². The molecule has 6 nitrogen and oxygen atoms in total. The van der Waals surface area contributed by atoms with Crippen molar-refractivity contribution in [3.63, 3.8) is 0 Å². The summed E-state index contributed by atoms with van der Waals surface area (Å²) < 4.78 is 5.72. The maximum Gasteiger partial charge on any atom is 0.257 e. The summed E-state index contributed by atoms with van der Waals surface area (Å²) in [5.41, 5.74) is 8.77. The maximum absolute atomic E-state index is 12.6. The third-order valence-corrected chi connectivity index (χ3v) is 4.66.